The van der Waals surface area contributed by atoms with Crippen LogP contribution in [-0.2, 0) is 11.3 Å². The maximum atomic E-state index is 11.6. The zero-order chi connectivity index (χ0) is 13.7. The van der Waals surface area contributed by atoms with Crippen molar-refractivity contribution in [1.82, 2.24) is 4.90 Å². The van der Waals surface area contributed by atoms with E-state index < -0.39 is 0 Å². The molecule has 1 aromatic heterocycles. The first kappa shape index (κ1) is 14.3. The monoisotopic (exact) mass is 263 g/mol. The minimum atomic E-state index is -0.132. The van der Waals surface area contributed by atoms with Gasteiger partial charge in [0, 0.05) is 12.0 Å². The van der Waals surface area contributed by atoms with E-state index in [1.807, 2.05) is 19.1 Å². The van der Waals surface area contributed by atoms with E-state index in [-0.39, 0.29) is 5.41 Å². The van der Waals surface area contributed by atoms with Crippen molar-refractivity contribution in [2.75, 3.05) is 13.6 Å². The number of carbonyl (C=O) groups excluding carboxylic acids is 1. The summed E-state index contributed by atoms with van der Waals surface area (Å²) >= 11 is 0. The lowest BCUT2D eigenvalue weighted by molar-refractivity contribution is -0.118. The summed E-state index contributed by atoms with van der Waals surface area (Å²) in [5.74, 6) is 1.93. The second-order valence-corrected chi connectivity index (χ2v) is 6.08. The zero-order valence-electron chi connectivity index (χ0n) is 12.2. The van der Waals surface area contributed by atoms with Gasteiger partial charge in [-0.05, 0) is 38.9 Å². The molecule has 0 unspecified atom stereocenters. The third kappa shape index (κ3) is 3.93. The molecule has 0 amide bonds. The number of carbonyl (C=O) groups is 1. The Labute approximate surface area is 116 Å². The van der Waals surface area contributed by atoms with Crippen LogP contribution in [0, 0.1) is 12.3 Å². The van der Waals surface area contributed by atoms with Crippen LogP contribution in [0.15, 0.2) is 16.5 Å². The van der Waals surface area contributed by atoms with Crippen LogP contribution >= 0.6 is 0 Å². The lowest BCUT2D eigenvalue weighted by Gasteiger charge is -2.31. The highest BCUT2D eigenvalue weighted by atomic mass is 16.3. The largest absolute Gasteiger partial charge is 0.465 e. The number of nitrogens with zero attached hydrogens (tertiary/aromatic N) is 1. The lowest BCUT2D eigenvalue weighted by atomic mass is 9.81. The van der Waals surface area contributed by atoms with Gasteiger partial charge in [0.05, 0.1) is 6.54 Å². The quantitative estimate of drug-likeness (QED) is 0.601. The van der Waals surface area contributed by atoms with E-state index in [9.17, 15) is 4.79 Å². The molecule has 3 heteroatoms. The number of furan rings is 1. The maximum absolute atomic E-state index is 11.6. The molecule has 2 rings (SSSR count). The van der Waals surface area contributed by atoms with Crippen LogP contribution in [0.25, 0.3) is 0 Å². The first-order valence-corrected chi connectivity index (χ1v) is 7.34. The van der Waals surface area contributed by atoms with E-state index in [1.54, 1.807) is 0 Å². The number of hydrogen-bond acceptors (Lipinski definition) is 3. The van der Waals surface area contributed by atoms with Gasteiger partial charge in [-0.25, -0.2) is 0 Å². The molecule has 106 valence electrons. The topological polar surface area (TPSA) is 33.5 Å². The van der Waals surface area contributed by atoms with Crippen LogP contribution in [0.2, 0.25) is 0 Å². The standard InChI is InChI=1S/C16H25NO2/c1-14-7-8-15(19-14)11-17(2)12-16(13-18)9-5-3-4-6-10-16/h7-8,13H,3-6,9-12H2,1-2H3. The van der Waals surface area contributed by atoms with Gasteiger partial charge in [-0.1, -0.05) is 25.7 Å². The Morgan fingerprint density at radius 2 is 1.95 bits per heavy atom. The minimum absolute atomic E-state index is 0.132. The summed E-state index contributed by atoms with van der Waals surface area (Å²) in [7, 11) is 2.08. The average molecular weight is 263 g/mol. The van der Waals surface area contributed by atoms with Crippen molar-refractivity contribution in [3.8, 4) is 0 Å². The van der Waals surface area contributed by atoms with Crippen LogP contribution < -0.4 is 0 Å². The Hall–Kier alpha value is -1.09. The van der Waals surface area contributed by atoms with E-state index in [4.69, 9.17) is 4.42 Å². The van der Waals surface area contributed by atoms with Gasteiger partial charge in [0.15, 0.2) is 0 Å². The Kier molecular flexibility index (Phi) is 4.81. The molecule has 0 aliphatic heterocycles. The molecule has 0 atom stereocenters. The molecule has 19 heavy (non-hydrogen) atoms. The van der Waals surface area contributed by atoms with Crippen molar-refractivity contribution in [2.45, 2.75) is 52.0 Å². The van der Waals surface area contributed by atoms with Crippen molar-refractivity contribution in [3.63, 3.8) is 0 Å². The number of aldehydes is 1. The first-order valence-electron chi connectivity index (χ1n) is 7.34. The second kappa shape index (κ2) is 6.38. The van der Waals surface area contributed by atoms with E-state index in [0.29, 0.717) is 0 Å². The Bertz CT molecular complexity index is 403. The number of hydrogen-bond donors (Lipinski definition) is 0. The summed E-state index contributed by atoms with van der Waals surface area (Å²) in [4.78, 5) is 13.8. The SMILES string of the molecule is Cc1ccc(CN(C)CC2(C=O)CCCCCC2)o1. The van der Waals surface area contributed by atoms with Crippen molar-refractivity contribution < 1.29 is 9.21 Å². The van der Waals surface area contributed by atoms with E-state index in [0.717, 1.165) is 37.5 Å². The summed E-state index contributed by atoms with van der Waals surface area (Å²) in [5, 5.41) is 0. The van der Waals surface area contributed by atoms with Crippen LogP contribution in [0.3, 0.4) is 0 Å². The van der Waals surface area contributed by atoms with E-state index in [2.05, 4.69) is 11.9 Å². The molecular weight excluding hydrogens is 238 g/mol. The summed E-state index contributed by atoms with van der Waals surface area (Å²) in [6.07, 6.45) is 8.21. The smallest absolute Gasteiger partial charge is 0.127 e. The summed E-state index contributed by atoms with van der Waals surface area (Å²) in [6, 6.07) is 4.01. The van der Waals surface area contributed by atoms with Crippen molar-refractivity contribution in [2.24, 2.45) is 5.41 Å². The van der Waals surface area contributed by atoms with Gasteiger partial charge in [-0.15, -0.1) is 0 Å². The van der Waals surface area contributed by atoms with Gasteiger partial charge in [0.2, 0.25) is 0 Å². The molecule has 0 N–H and O–H groups in total. The molecule has 1 aliphatic carbocycles. The zero-order valence-corrected chi connectivity index (χ0v) is 12.2. The highest BCUT2D eigenvalue weighted by Crippen LogP contribution is 2.34. The highest BCUT2D eigenvalue weighted by molar-refractivity contribution is 5.59. The van der Waals surface area contributed by atoms with Crippen LogP contribution in [0.5, 0.6) is 0 Å². The maximum Gasteiger partial charge on any atom is 0.127 e. The normalized spacial score (nSPS) is 19.3. The van der Waals surface area contributed by atoms with Crippen LogP contribution in [0.4, 0.5) is 0 Å². The fourth-order valence-electron chi connectivity index (χ4n) is 3.18. The molecule has 1 saturated carbocycles. The van der Waals surface area contributed by atoms with Gasteiger partial charge in [0.25, 0.3) is 0 Å². The molecule has 0 bridgehead atoms. The van der Waals surface area contributed by atoms with Gasteiger partial charge in [-0.3, -0.25) is 4.90 Å². The Balaban J connectivity index is 1.95. The van der Waals surface area contributed by atoms with Crippen molar-refractivity contribution in [3.05, 3.63) is 23.7 Å². The predicted octanol–water partition coefficient (Wildman–Crippen LogP) is 3.56. The van der Waals surface area contributed by atoms with Crippen LogP contribution in [0.1, 0.15) is 50.0 Å². The Morgan fingerprint density at radius 1 is 1.26 bits per heavy atom. The van der Waals surface area contributed by atoms with E-state index in [1.165, 1.54) is 32.0 Å². The lowest BCUT2D eigenvalue weighted by Crippen LogP contribution is -2.36. The molecule has 0 radical (unpaired) electrons. The van der Waals surface area contributed by atoms with Crippen molar-refractivity contribution >= 4 is 6.29 Å². The molecule has 1 heterocycles. The predicted molar refractivity (Wildman–Crippen MR) is 76.0 cm³/mol. The molecule has 0 aromatic carbocycles. The van der Waals surface area contributed by atoms with Crippen LogP contribution in [-0.4, -0.2) is 24.8 Å². The molecule has 0 saturated heterocycles. The number of aryl methyl sites for hydroxylation is 1. The van der Waals surface area contributed by atoms with Gasteiger partial charge in [-0.2, -0.15) is 0 Å². The third-order valence-corrected chi connectivity index (χ3v) is 4.16. The molecule has 1 fully saturated rings. The first-order chi connectivity index (χ1) is 9.13. The second-order valence-electron chi connectivity index (χ2n) is 6.08. The van der Waals surface area contributed by atoms with Gasteiger partial charge in [0.1, 0.15) is 17.8 Å². The van der Waals surface area contributed by atoms with E-state index >= 15 is 0 Å². The highest BCUT2D eigenvalue weighted by Gasteiger charge is 2.31. The molecule has 1 aromatic rings. The average Bonchev–Trinajstić information content (AvgIpc) is 2.65. The third-order valence-electron chi connectivity index (χ3n) is 4.16. The molecule has 1 aliphatic rings. The van der Waals surface area contributed by atoms with Gasteiger partial charge < -0.3 is 9.21 Å². The Morgan fingerprint density at radius 3 is 2.47 bits per heavy atom. The van der Waals surface area contributed by atoms with Gasteiger partial charge >= 0.3 is 0 Å². The fourth-order valence-corrected chi connectivity index (χ4v) is 3.18. The molecule has 3 nitrogen and oxygen atoms in total. The molecular formula is C16H25NO2. The molecule has 0 spiro atoms. The summed E-state index contributed by atoms with van der Waals surface area (Å²) in [5.41, 5.74) is -0.132. The fraction of sp³-hybridized carbons (Fsp3) is 0.688. The van der Waals surface area contributed by atoms with Crippen molar-refractivity contribution in [1.29, 1.82) is 0 Å². The summed E-state index contributed by atoms with van der Waals surface area (Å²) < 4.78 is 5.60. The minimum Gasteiger partial charge on any atom is -0.465 e. The number of rotatable bonds is 5. The summed E-state index contributed by atoms with van der Waals surface area (Å²) in [6.45, 7) is 3.58.